The van der Waals surface area contributed by atoms with Gasteiger partial charge in [0.1, 0.15) is 0 Å². The molecule has 0 atom stereocenters. The highest BCUT2D eigenvalue weighted by Crippen LogP contribution is 2.28. The molecule has 2 N–H and O–H groups in total. The van der Waals surface area contributed by atoms with Gasteiger partial charge >= 0.3 is 0 Å². The first-order valence-corrected chi connectivity index (χ1v) is 7.30. The van der Waals surface area contributed by atoms with Crippen LogP contribution in [0.3, 0.4) is 0 Å². The van der Waals surface area contributed by atoms with Crippen LogP contribution in [0.2, 0.25) is 0 Å². The molecule has 1 heterocycles. The molecule has 18 heavy (non-hydrogen) atoms. The van der Waals surface area contributed by atoms with Gasteiger partial charge in [0.25, 0.3) is 0 Å². The standard InChI is InChI=1S/C14H27N3.HI/c1-12-5-7-13(8-6-12)11-16-14(15)17-9-3-2-4-10-17;/h12-13H,2-11H2,1H3,(H2,15,16);1H. The summed E-state index contributed by atoms with van der Waals surface area (Å²) in [5.74, 6) is 2.51. The van der Waals surface area contributed by atoms with E-state index in [0.29, 0.717) is 0 Å². The molecular weight excluding hydrogens is 337 g/mol. The number of rotatable bonds is 2. The molecule has 0 aromatic carbocycles. The van der Waals surface area contributed by atoms with Crippen LogP contribution in [0.4, 0.5) is 0 Å². The van der Waals surface area contributed by atoms with Crippen LogP contribution < -0.4 is 5.73 Å². The zero-order valence-electron chi connectivity index (χ0n) is 11.6. The first-order chi connectivity index (χ1) is 8.25. The molecule has 1 aliphatic carbocycles. The van der Waals surface area contributed by atoms with Crippen molar-refractivity contribution in [2.24, 2.45) is 22.6 Å². The molecule has 3 nitrogen and oxygen atoms in total. The van der Waals surface area contributed by atoms with E-state index in [0.717, 1.165) is 37.4 Å². The van der Waals surface area contributed by atoms with E-state index >= 15 is 0 Å². The summed E-state index contributed by atoms with van der Waals surface area (Å²) in [7, 11) is 0. The minimum Gasteiger partial charge on any atom is -0.370 e. The molecule has 2 rings (SSSR count). The van der Waals surface area contributed by atoms with Crippen molar-refractivity contribution < 1.29 is 0 Å². The van der Waals surface area contributed by atoms with E-state index in [1.165, 1.54) is 44.9 Å². The summed E-state index contributed by atoms with van der Waals surface area (Å²) in [6, 6.07) is 0. The van der Waals surface area contributed by atoms with Crippen LogP contribution in [0.25, 0.3) is 0 Å². The molecule has 1 saturated heterocycles. The number of aliphatic imine (C=N–C) groups is 1. The maximum Gasteiger partial charge on any atom is 0.191 e. The molecule has 0 aromatic heterocycles. The van der Waals surface area contributed by atoms with Crippen LogP contribution in [-0.4, -0.2) is 30.5 Å². The Hall–Kier alpha value is 0. The van der Waals surface area contributed by atoms with Gasteiger partial charge in [0.2, 0.25) is 0 Å². The average molecular weight is 365 g/mol. The zero-order chi connectivity index (χ0) is 12.1. The first-order valence-electron chi connectivity index (χ1n) is 7.30. The molecule has 2 aliphatic rings. The average Bonchev–Trinajstić information content (AvgIpc) is 2.39. The molecule has 1 saturated carbocycles. The van der Waals surface area contributed by atoms with Gasteiger partial charge in [-0.15, -0.1) is 24.0 Å². The van der Waals surface area contributed by atoms with Crippen molar-refractivity contribution in [3.8, 4) is 0 Å². The van der Waals surface area contributed by atoms with Crippen LogP contribution in [0.5, 0.6) is 0 Å². The third-order valence-electron chi connectivity index (χ3n) is 4.33. The van der Waals surface area contributed by atoms with Crippen LogP contribution in [0.1, 0.15) is 51.9 Å². The number of likely N-dealkylation sites (tertiary alicyclic amines) is 1. The summed E-state index contributed by atoms with van der Waals surface area (Å²) < 4.78 is 0. The summed E-state index contributed by atoms with van der Waals surface area (Å²) in [6.45, 7) is 5.53. The molecule has 1 aliphatic heterocycles. The third kappa shape index (κ3) is 4.94. The number of halogens is 1. The fraction of sp³-hybridized carbons (Fsp3) is 0.929. The zero-order valence-corrected chi connectivity index (χ0v) is 13.9. The SMILES string of the molecule is CC1CCC(CN=C(N)N2CCCCC2)CC1.I. The van der Waals surface area contributed by atoms with Gasteiger partial charge in [0.05, 0.1) is 0 Å². The minimum absolute atomic E-state index is 0. The molecule has 2 fully saturated rings. The van der Waals surface area contributed by atoms with Crippen molar-refractivity contribution in [1.82, 2.24) is 4.90 Å². The van der Waals surface area contributed by atoms with E-state index in [4.69, 9.17) is 5.73 Å². The molecule has 106 valence electrons. The van der Waals surface area contributed by atoms with E-state index in [9.17, 15) is 0 Å². The largest absolute Gasteiger partial charge is 0.370 e. The summed E-state index contributed by atoms with van der Waals surface area (Å²) in [4.78, 5) is 6.88. The van der Waals surface area contributed by atoms with Crippen molar-refractivity contribution in [3.05, 3.63) is 0 Å². The lowest BCUT2D eigenvalue weighted by Crippen LogP contribution is -2.41. The summed E-state index contributed by atoms with van der Waals surface area (Å²) in [5, 5.41) is 0. The molecule has 0 radical (unpaired) electrons. The maximum atomic E-state index is 6.07. The second kappa shape index (κ2) is 8.23. The summed E-state index contributed by atoms with van der Waals surface area (Å²) in [6.07, 6.45) is 9.35. The molecule has 0 unspecified atom stereocenters. The summed E-state index contributed by atoms with van der Waals surface area (Å²) in [5.41, 5.74) is 6.07. The highest BCUT2D eigenvalue weighted by molar-refractivity contribution is 14.0. The number of nitrogens with two attached hydrogens (primary N) is 1. The predicted molar refractivity (Wildman–Crippen MR) is 88.5 cm³/mol. The number of hydrogen-bond donors (Lipinski definition) is 1. The second-order valence-corrected chi connectivity index (χ2v) is 5.87. The Morgan fingerprint density at radius 3 is 2.33 bits per heavy atom. The number of hydrogen-bond acceptors (Lipinski definition) is 1. The van der Waals surface area contributed by atoms with Crippen molar-refractivity contribution in [2.75, 3.05) is 19.6 Å². The van der Waals surface area contributed by atoms with Crippen LogP contribution >= 0.6 is 24.0 Å². The Morgan fingerprint density at radius 1 is 1.11 bits per heavy atom. The fourth-order valence-electron chi connectivity index (χ4n) is 2.96. The molecule has 0 aromatic rings. The fourth-order valence-corrected chi connectivity index (χ4v) is 2.96. The lowest BCUT2D eigenvalue weighted by Gasteiger charge is -2.29. The molecule has 4 heteroatoms. The van der Waals surface area contributed by atoms with Crippen molar-refractivity contribution in [3.63, 3.8) is 0 Å². The van der Waals surface area contributed by atoms with E-state index in [2.05, 4.69) is 16.8 Å². The monoisotopic (exact) mass is 365 g/mol. The smallest absolute Gasteiger partial charge is 0.191 e. The Morgan fingerprint density at radius 2 is 1.72 bits per heavy atom. The van der Waals surface area contributed by atoms with E-state index < -0.39 is 0 Å². The molecule has 0 amide bonds. The normalized spacial score (nSPS) is 29.8. The van der Waals surface area contributed by atoms with Crippen molar-refractivity contribution in [1.29, 1.82) is 0 Å². The molecule has 0 bridgehead atoms. The van der Waals surface area contributed by atoms with Gasteiger partial charge in [0.15, 0.2) is 5.96 Å². The van der Waals surface area contributed by atoms with Gasteiger partial charge < -0.3 is 10.6 Å². The van der Waals surface area contributed by atoms with Gasteiger partial charge in [-0.3, -0.25) is 4.99 Å². The van der Waals surface area contributed by atoms with Crippen molar-refractivity contribution in [2.45, 2.75) is 51.9 Å². The Balaban J connectivity index is 0.00000162. The first kappa shape index (κ1) is 16.1. The lowest BCUT2D eigenvalue weighted by molar-refractivity contribution is 0.293. The highest BCUT2D eigenvalue weighted by Gasteiger charge is 2.18. The van der Waals surface area contributed by atoms with Gasteiger partial charge in [-0.05, 0) is 43.9 Å². The number of guanidine groups is 1. The minimum atomic E-state index is 0. The Bertz CT molecular complexity index is 254. The molecular formula is C14H28IN3. The third-order valence-corrected chi connectivity index (χ3v) is 4.33. The van der Waals surface area contributed by atoms with Gasteiger partial charge in [-0.2, -0.15) is 0 Å². The van der Waals surface area contributed by atoms with Crippen molar-refractivity contribution >= 4 is 29.9 Å². The second-order valence-electron chi connectivity index (χ2n) is 5.87. The Kier molecular flexibility index (Phi) is 7.34. The highest BCUT2D eigenvalue weighted by atomic mass is 127. The molecule has 0 spiro atoms. The van der Waals surface area contributed by atoms with Gasteiger partial charge in [-0.1, -0.05) is 19.8 Å². The maximum absolute atomic E-state index is 6.07. The van der Waals surface area contributed by atoms with Crippen LogP contribution in [-0.2, 0) is 0 Å². The van der Waals surface area contributed by atoms with Gasteiger partial charge in [0, 0.05) is 19.6 Å². The van der Waals surface area contributed by atoms with Crippen LogP contribution in [0.15, 0.2) is 4.99 Å². The number of nitrogens with zero attached hydrogens (tertiary/aromatic N) is 2. The van der Waals surface area contributed by atoms with Crippen LogP contribution in [0, 0.1) is 11.8 Å². The number of piperidine rings is 1. The van der Waals surface area contributed by atoms with E-state index in [1.54, 1.807) is 0 Å². The summed E-state index contributed by atoms with van der Waals surface area (Å²) >= 11 is 0. The topological polar surface area (TPSA) is 41.6 Å². The van der Waals surface area contributed by atoms with E-state index in [-0.39, 0.29) is 24.0 Å². The predicted octanol–water partition coefficient (Wildman–Crippen LogP) is 3.23. The Labute approximate surface area is 129 Å². The quantitative estimate of drug-likeness (QED) is 0.464. The lowest BCUT2D eigenvalue weighted by atomic mass is 9.83. The van der Waals surface area contributed by atoms with E-state index in [1.807, 2.05) is 0 Å². The van der Waals surface area contributed by atoms with Gasteiger partial charge in [-0.25, -0.2) is 0 Å².